The van der Waals surface area contributed by atoms with Gasteiger partial charge in [0.05, 0.1) is 23.0 Å². The molecule has 23 heavy (non-hydrogen) atoms. The third-order valence-electron chi connectivity index (χ3n) is 4.70. The molecule has 1 aromatic rings. The van der Waals surface area contributed by atoms with Crippen LogP contribution < -0.4 is 10.2 Å². The molecule has 112 valence electrons. The third-order valence-corrected chi connectivity index (χ3v) is 4.70. The number of rotatable bonds is 0. The maximum absolute atomic E-state index is 9.62. The molecule has 2 heterocycles. The molecule has 5 nitrogen and oxygen atoms in total. The van der Waals surface area contributed by atoms with Crippen LogP contribution in [0.2, 0.25) is 0 Å². The highest BCUT2D eigenvalue weighted by Crippen LogP contribution is 2.47. The quantitative estimate of drug-likeness (QED) is 0.744. The van der Waals surface area contributed by atoms with Crippen molar-refractivity contribution >= 4 is 5.69 Å². The van der Waals surface area contributed by atoms with Gasteiger partial charge in [0.25, 0.3) is 0 Å². The van der Waals surface area contributed by atoms with Gasteiger partial charge in [-0.2, -0.15) is 15.8 Å². The number of likely N-dealkylation sites (N-methyl/N-ethyl adjacent to an activating group) is 1. The number of allylic oxidation sites excluding steroid dienone is 2. The zero-order valence-electron chi connectivity index (χ0n) is 13.2. The second-order valence-corrected chi connectivity index (χ2v) is 6.22. The van der Waals surface area contributed by atoms with Crippen LogP contribution in [0.1, 0.15) is 19.4 Å². The minimum Gasteiger partial charge on any atom is -0.373 e. The van der Waals surface area contributed by atoms with Gasteiger partial charge in [-0.15, -0.1) is 0 Å². The summed E-state index contributed by atoms with van der Waals surface area (Å²) in [6, 6.07) is 13.8. The highest BCUT2D eigenvalue weighted by molar-refractivity contribution is 5.72. The van der Waals surface area contributed by atoms with Gasteiger partial charge in [0.15, 0.2) is 5.57 Å². The Kier molecular flexibility index (Phi) is 3.13. The first-order valence-corrected chi connectivity index (χ1v) is 7.26. The largest absolute Gasteiger partial charge is 0.373 e. The van der Waals surface area contributed by atoms with Crippen molar-refractivity contribution in [3.05, 3.63) is 52.4 Å². The first-order chi connectivity index (χ1) is 11.0. The maximum Gasteiger partial charge on any atom is 0.154 e. The van der Waals surface area contributed by atoms with Gasteiger partial charge in [-0.25, -0.2) is 0 Å². The summed E-state index contributed by atoms with van der Waals surface area (Å²) in [5.74, 6) is 0. The van der Waals surface area contributed by atoms with Gasteiger partial charge in [-0.1, -0.05) is 32.0 Å². The second-order valence-electron chi connectivity index (χ2n) is 6.22. The lowest BCUT2D eigenvalue weighted by atomic mass is 9.73. The van der Waals surface area contributed by atoms with Gasteiger partial charge >= 0.3 is 0 Å². The highest BCUT2D eigenvalue weighted by atomic mass is 15.2. The number of fused-ring (bicyclic) bond motifs is 2. The zero-order valence-corrected chi connectivity index (χ0v) is 13.2. The lowest BCUT2D eigenvalue weighted by Gasteiger charge is -2.44. The van der Waals surface area contributed by atoms with E-state index in [-0.39, 0.29) is 17.0 Å². The van der Waals surface area contributed by atoms with E-state index < -0.39 is 0 Å². The summed E-state index contributed by atoms with van der Waals surface area (Å²) in [4.78, 5) is 1.98. The molecule has 0 spiro atoms. The smallest absolute Gasteiger partial charge is 0.154 e. The topological polar surface area (TPSA) is 86.6 Å². The molecule has 1 aromatic carbocycles. The van der Waals surface area contributed by atoms with Crippen LogP contribution in [0, 0.1) is 34.0 Å². The molecule has 1 unspecified atom stereocenters. The van der Waals surface area contributed by atoms with E-state index in [2.05, 4.69) is 31.3 Å². The average molecular weight is 301 g/mol. The van der Waals surface area contributed by atoms with E-state index in [0.29, 0.717) is 11.3 Å². The zero-order chi connectivity index (χ0) is 16.8. The molecule has 5 heteroatoms. The molecule has 1 atom stereocenters. The SMILES string of the molecule is CN1C2=C(C#N)C(=C(C#N)C#N)NC2C(C)(C)c2ccccc21. The highest BCUT2D eigenvalue weighted by Gasteiger charge is 2.48. The fourth-order valence-corrected chi connectivity index (χ4v) is 3.48. The van der Waals surface area contributed by atoms with Crippen LogP contribution in [0.15, 0.2) is 46.8 Å². The summed E-state index contributed by atoms with van der Waals surface area (Å²) in [5, 5.41) is 31.3. The van der Waals surface area contributed by atoms with E-state index in [0.717, 1.165) is 16.9 Å². The minimum atomic E-state index is -0.279. The Labute approximate surface area is 135 Å². The van der Waals surface area contributed by atoms with E-state index >= 15 is 0 Å². The first kappa shape index (κ1) is 14.7. The van der Waals surface area contributed by atoms with Gasteiger partial charge in [0.1, 0.15) is 18.2 Å². The lowest BCUT2D eigenvalue weighted by Crippen LogP contribution is -2.50. The second kappa shape index (κ2) is 4.90. The summed E-state index contributed by atoms with van der Waals surface area (Å²) in [5.41, 5.74) is 3.39. The molecule has 0 aromatic heterocycles. The molecule has 2 aliphatic heterocycles. The molecule has 0 fully saturated rings. The number of hydrogen-bond donors (Lipinski definition) is 1. The molecular formula is C18H15N5. The summed E-state index contributed by atoms with van der Waals surface area (Å²) in [6.45, 7) is 4.21. The summed E-state index contributed by atoms with van der Waals surface area (Å²) in [7, 11) is 1.91. The predicted octanol–water partition coefficient (Wildman–Crippen LogP) is 2.46. The summed E-state index contributed by atoms with van der Waals surface area (Å²) >= 11 is 0. The van der Waals surface area contributed by atoms with E-state index in [1.54, 1.807) is 0 Å². The molecule has 1 N–H and O–H groups in total. The van der Waals surface area contributed by atoms with Gasteiger partial charge in [-0.3, -0.25) is 0 Å². The molecular weight excluding hydrogens is 286 g/mol. The summed E-state index contributed by atoms with van der Waals surface area (Å²) < 4.78 is 0. The predicted molar refractivity (Wildman–Crippen MR) is 85.7 cm³/mol. The Hall–Kier alpha value is -3.23. The van der Waals surface area contributed by atoms with Crippen LogP contribution in [0.25, 0.3) is 0 Å². The van der Waals surface area contributed by atoms with Gasteiger partial charge in [0.2, 0.25) is 0 Å². The van der Waals surface area contributed by atoms with Crippen molar-refractivity contribution in [1.82, 2.24) is 5.32 Å². The fourth-order valence-electron chi connectivity index (χ4n) is 3.48. The van der Waals surface area contributed by atoms with Crippen LogP contribution in [0.4, 0.5) is 5.69 Å². The van der Waals surface area contributed by atoms with Crippen LogP contribution >= 0.6 is 0 Å². The monoisotopic (exact) mass is 301 g/mol. The van der Waals surface area contributed by atoms with Crippen molar-refractivity contribution in [3.8, 4) is 18.2 Å². The summed E-state index contributed by atoms with van der Waals surface area (Å²) in [6.07, 6.45) is 0. The van der Waals surface area contributed by atoms with Crippen molar-refractivity contribution < 1.29 is 0 Å². The molecule has 0 saturated carbocycles. The van der Waals surface area contributed by atoms with Gasteiger partial charge in [0, 0.05) is 18.2 Å². The Morgan fingerprint density at radius 2 is 1.83 bits per heavy atom. The molecule has 0 radical (unpaired) electrons. The molecule has 0 bridgehead atoms. The molecule has 0 saturated heterocycles. The van der Waals surface area contributed by atoms with Gasteiger partial charge in [-0.05, 0) is 11.6 Å². The molecule has 2 aliphatic rings. The Morgan fingerprint density at radius 1 is 1.17 bits per heavy atom. The normalized spacial score (nSPS) is 20.6. The lowest BCUT2D eigenvalue weighted by molar-refractivity contribution is 0.400. The Balaban J connectivity index is 2.33. The Morgan fingerprint density at radius 3 is 2.43 bits per heavy atom. The van der Waals surface area contributed by atoms with Crippen molar-refractivity contribution in [3.63, 3.8) is 0 Å². The van der Waals surface area contributed by atoms with Crippen molar-refractivity contribution in [2.45, 2.75) is 25.3 Å². The van der Waals surface area contributed by atoms with Crippen molar-refractivity contribution in [1.29, 1.82) is 15.8 Å². The van der Waals surface area contributed by atoms with Crippen molar-refractivity contribution in [2.75, 3.05) is 11.9 Å². The van der Waals surface area contributed by atoms with Crippen LogP contribution in [-0.2, 0) is 5.41 Å². The number of benzene rings is 1. The van der Waals surface area contributed by atoms with Crippen molar-refractivity contribution in [2.24, 2.45) is 0 Å². The number of nitriles is 3. The van der Waals surface area contributed by atoms with Crippen LogP contribution in [0.3, 0.4) is 0 Å². The number of hydrogen-bond acceptors (Lipinski definition) is 5. The van der Waals surface area contributed by atoms with Crippen LogP contribution in [0.5, 0.6) is 0 Å². The van der Waals surface area contributed by atoms with E-state index in [1.165, 1.54) is 0 Å². The van der Waals surface area contributed by atoms with E-state index in [9.17, 15) is 15.8 Å². The standard InChI is InChI=1S/C18H15N5/c1-18(2)13-6-4-5-7-14(13)23(3)16-12(10-21)15(22-17(16)18)11(8-19)9-20/h4-7,17,22H,1-3H3. The van der Waals surface area contributed by atoms with Crippen LogP contribution in [-0.4, -0.2) is 13.1 Å². The van der Waals surface area contributed by atoms with E-state index in [4.69, 9.17) is 0 Å². The average Bonchev–Trinajstić information content (AvgIpc) is 2.95. The maximum atomic E-state index is 9.62. The first-order valence-electron chi connectivity index (χ1n) is 7.26. The molecule has 0 amide bonds. The number of anilines is 1. The minimum absolute atomic E-state index is 0.0586. The number of nitrogens with one attached hydrogen (secondary N) is 1. The Bertz CT molecular complexity index is 867. The fraction of sp³-hybridized carbons (Fsp3) is 0.278. The molecule has 0 aliphatic carbocycles. The molecule has 3 rings (SSSR count). The third kappa shape index (κ3) is 1.83. The number of para-hydroxylation sites is 1. The number of nitrogens with zero attached hydrogens (tertiary/aromatic N) is 4. The van der Waals surface area contributed by atoms with Gasteiger partial charge < -0.3 is 10.2 Å². The van der Waals surface area contributed by atoms with E-state index in [1.807, 2.05) is 42.3 Å².